The number of rotatable bonds is 4. The topological polar surface area (TPSA) is 15.7 Å². The van der Waals surface area contributed by atoms with E-state index in [9.17, 15) is 0 Å². The van der Waals surface area contributed by atoms with Gasteiger partial charge in [0.1, 0.15) is 0 Å². The molecule has 0 aromatic heterocycles. The molecule has 0 atom stereocenters. The van der Waals surface area contributed by atoms with Crippen LogP contribution in [-0.2, 0) is 4.74 Å². The van der Waals surface area contributed by atoms with Gasteiger partial charge in [-0.3, -0.25) is 4.90 Å². The van der Waals surface area contributed by atoms with Gasteiger partial charge in [0, 0.05) is 25.7 Å². The molecule has 0 N–H and O–H groups in total. The maximum atomic E-state index is 5.41. The minimum Gasteiger partial charge on any atom is -0.379 e. The minimum atomic E-state index is 0.806. The van der Waals surface area contributed by atoms with Crippen LogP contribution in [0.3, 0.4) is 0 Å². The van der Waals surface area contributed by atoms with Crippen molar-refractivity contribution >= 4 is 0 Å². The van der Waals surface area contributed by atoms with Crippen LogP contribution in [0.25, 0.3) is 0 Å². The van der Waals surface area contributed by atoms with Crippen molar-refractivity contribution in [2.45, 2.75) is 32.2 Å². The number of morpholine rings is 1. The molecule has 0 amide bonds. The summed E-state index contributed by atoms with van der Waals surface area (Å²) in [5, 5.41) is 0. The van der Waals surface area contributed by atoms with Crippen molar-refractivity contribution in [1.29, 1.82) is 0 Å². The molecule has 0 radical (unpaired) electrons. The van der Waals surface area contributed by atoms with E-state index in [1.54, 1.807) is 0 Å². The van der Waals surface area contributed by atoms with Crippen molar-refractivity contribution in [2.24, 2.45) is 0 Å². The lowest BCUT2D eigenvalue weighted by Gasteiger charge is -2.40. The first-order valence-electron chi connectivity index (χ1n) is 6.94. The molecule has 2 fully saturated rings. The molecule has 3 nitrogen and oxygen atoms in total. The second-order valence-corrected chi connectivity index (χ2v) is 5.43. The predicted molar refractivity (Wildman–Crippen MR) is 71.3 cm³/mol. The molecule has 98 valence electrons. The Morgan fingerprint density at radius 2 is 1.82 bits per heavy atom. The van der Waals surface area contributed by atoms with Gasteiger partial charge in [0.25, 0.3) is 0 Å². The number of ether oxygens (including phenoxy) is 1. The fourth-order valence-electron chi connectivity index (χ4n) is 2.80. The Kier molecular flexibility index (Phi) is 5.01. The SMILES string of the molecule is C=C(C)CCN1CCC(N2CCOCC2)CC1. The Morgan fingerprint density at radius 3 is 2.41 bits per heavy atom. The molecule has 2 aliphatic heterocycles. The zero-order valence-electron chi connectivity index (χ0n) is 11.2. The zero-order valence-corrected chi connectivity index (χ0v) is 11.2. The Morgan fingerprint density at radius 1 is 1.18 bits per heavy atom. The number of piperidine rings is 1. The maximum absolute atomic E-state index is 5.41. The lowest BCUT2D eigenvalue weighted by Crippen LogP contribution is -2.49. The van der Waals surface area contributed by atoms with Gasteiger partial charge in [-0.15, -0.1) is 6.58 Å². The number of likely N-dealkylation sites (tertiary alicyclic amines) is 1. The minimum absolute atomic E-state index is 0.806. The van der Waals surface area contributed by atoms with Crippen LogP contribution < -0.4 is 0 Å². The highest BCUT2D eigenvalue weighted by Crippen LogP contribution is 2.18. The summed E-state index contributed by atoms with van der Waals surface area (Å²) in [6.45, 7) is 13.9. The summed E-state index contributed by atoms with van der Waals surface area (Å²) in [5.41, 5.74) is 1.31. The molecule has 0 unspecified atom stereocenters. The third-order valence-corrected chi connectivity index (χ3v) is 3.97. The first-order valence-corrected chi connectivity index (χ1v) is 6.94. The first-order chi connectivity index (χ1) is 8.25. The molecular formula is C14H26N2O. The molecule has 2 aliphatic rings. The molecule has 3 heteroatoms. The molecule has 2 rings (SSSR count). The van der Waals surface area contributed by atoms with Gasteiger partial charge in [0.2, 0.25) is 0 Å². The fraction of sp³-hybridized carbons (Fsp3) is 0.857. The van der Waals surface area contributed by atoms with E-state index in [0.717, 1.165) is 38.8 Å². The van der Waals surface area contributed by atoms with E-state index in [4.69, 9.17) is 4.74 Å². The number of hydrogen-bond donors (Lipinski definition) is 0. The lowest BCUT2D eigenvalue weighted by molar-refractivity contribution is 0.00102. The Balaban J connectivity index is 1.68. The predicted octanol–water partition coefficient (Wildman–Crippen LogP) is 1.75. The molecule has 0 spiro atoms. The van der Waals surface area contributed by atoms with Crippen LogP contribution in [0.4, 0.5) is 0 Å². The van der Waals surface area contributed by atoms with Gasteiger partial charge < -0.3 is 9.64 Å². The molecular weight excluding hydrogens is 212 g/mol. The van der Waals surface area contributed by atoms with E-state index >= 15 is 0 Å². The van der Waals surface area contributed by atoms with Crippen molar-refractivity contribution in [1.82, 2.24) is 9.80 Å². The Labute approximate surface area is 105 Å². The van der Waals surface area contributed by atoms with Gasteiger partial charge in [0.15, 0.2) is 0 Å². The van der Waals surface area contributed by atoms with Gasteiger partial charge in [-0.25, -0.2) is 0 Å². The van der Waals surface area contributed by atoms with E-state index in [0.29, 0.717) is 0 Å². The second kappa shape index (κ2) is 6.53. The molecule has 2 saturated heterocycles. The summed E-state index contributed by atoms with van der Waals surface area (Å²) in [6.07, 6.45) is 3.81. The first kappa shape index (κ1) is 13.1. The van der Waals surface area contributed by atoms with Crippen LogP contribution in [0.1, 0.15) is 26.2 Å². The molecule has 0 aromatic carbocycles. The molecule has 0 aromatic rings. The van der Waals surface area contributed by atoms with E-state index in [2.05, 4.69) is 23.3 Å². The van der Waals surface area contributed by atoms with Crippen LogP contribution in [0, 0.1) is 0 Å². The van der Waals surface area contributed by atoms with Gasteiger partial charge >= 0.3 is 0 Å². The van der Waals surface area contributed by atoms with Gasteiger partial charge in [-0.05, 0) is 39.3 Å². The largest absolute Gasteiger partial charge is 0.379 e. The second-order valence-electron chi connectivity index (χ2n) is 5.43. The lowest BCUT2D eigenvalue weighted by atomic mass is 10.0. The van der Waals surface area contributed by atoms with Gasteiger partial charge in [-0.1, -0.05) is 5.57 Å². The fourth-order valence-corrected chi connectivity index (χ4v) is 2.80. The summed E-state index contributed by atoms with van der Waals surface area (Å²) >= 11 is 0. The van der Waals surface area contributed by atoms with Crippen LogP contribution in [0.5, 0.6) is 0 Å². The third kappa shape index (κ3) is 4.09. The Hall–Kier alpha value is -0.380. The average molecular weight is 238 g/mol. The summed E-state index contributed by atoms with van der Waals surface area (Å²) in [4.78, 5) is 5.21. The molecule has 17 heavy (non-hydrogen) atoms. The summed E-state index contributed by atoms with van der Waals surface area (Å²) in [5.74, 6) is 0. The van der Waals surface area contributed by atoms with E-state index < -0.39 is 0 Å². The number of nitrogens with zero attached hydrogens (tertiary/aromatic N) is 2. The van der Waals surface area contributed by atoms with E-state index in [-0.39, 0.29) is 0 Å². The zero-order chi connectivity index (χ0) is 12.1. The molecule has 0 aliphatic carbocycles. The van der Waals surface area contributed by atoms with Crippen molar-refractivity contribution in [3.05, 3.63) is 12.2 Å². The van der Waals surface area contributed by atoms with E-state index in [1.165, 1.54) is 38.0 Å². The summed E-state index contributed by atoms with van der Waals surface area (Å²) in [7, 11) is 0. The maximum Gasteiger partial charge on any atom is 0.0594 e. The van der Waals surface area contributed by atoms with E-state index in [1.807, 2.05) is 0 Å². The van der Waals surface area contributed by atoms with Crippen LogP contribution in [-0.4, -0.2) is 61.8 Å². The highest BCUT2D eigenvalue weighted by Gasteiger charge is 2.25. The highest BCUT2D eigenvalue weighted by molar-refractivity contribution is 4.90. The van der Waals surface area contributed by atoms with Crippen molar-refractivity contribution < 1.29 is 4.74 Å². The molecule has 2 heterocycles. The van der Waals surface area contributed by atoms with Gasteiger partial charge in [0.05, 0.1) is 13.2 Å². The van der Waals surface area contributed by atoms with Crippen molar-refractivity contribution in [3.8, 4) is 0 Å². The highest BCUT2D eigenvalue weighted by atomic mass is 16.5. The van der Waals surface area contributed by atoms with Crippen molar-refractivity contribution in [2.75, 3.05) is 45.9 Å². The number of hydrogen-bond acceptors (Lipinski definition) is 3. The Bertz CT molecular complexity index is 241. The smallest absolute Gasteiger partial charge is 0.0594 e. The summed E-state index contributed by atoms with van der Waals surface area (Å²) in [6, 6.07) is 0.806. The standard InChI is InChI=1S/C14H26N2O/c1-13(2)3-6-15-7-4-14(5-8-15)16-9-11-17-12-10-16/h14H,1,3-12H2,2H3. The van der Waals surface area contributed by atoms with Crippen LogP contribution >= 0.6 is 0 Å². The van der Waals surface area contributed by atoms with Gasteiger partial charge in [-0.2, -0.15) is 0 Å². The third-order valence-electron chi connectivity index (χ3n) is 3.97. The molecule has 0 bridgehead atoms. The monoisotopic (exact) mass is 238 g/mol. The summed E-state index contributed by atoms with van der Waals surface area (Å²) < 4.78 is 5.41. The van der Waals surface area contributed by atoms with Crippen LogP contribution in [0.2, 0.25) is 0 Å². The average Bonchev–Trinajstić information content (AvgIpc) is 2.38. The normalized spacial score (nSPS) is 25.0. The molecule has 0 saturated carbocycles. The van der Waals surface area contributed by atoms with Crippen molar-refractivity contribution in [3.63, 3.8) is 0 Å². The van der Waals surface area contributed by atoms with Crippen LogP contribution in [0.15, 0.2) is 12.2 Å². The quantitative estimate of drug-likeness (QED) is 0.694.